The van der Waals surface area contributed by atoms with Crippen LogP contribution in [0, 0.1) is 12.7 Å². The van der Waals surface area contributed by atoms with Crippen LogP contribution in [0.25, 0.3) is 33.9 Å². The summed E-state index contributed by atoms with van der Waals surface area (Å²) in [6, 6.07) is 10.9. The van der Waals surface area contributed by atoms with Crippen molar-refractivity contribution in [2.45, 2.75) is 26.7 Å². The molecule has 27 heavy (non-hydrogen) atoms. The van der Waals surface area contributed by atoms with E-state index in [1.54, 1.807) is 18.3 Å². The van der Waals surface area contributed by atoms with Crippen molar-refractivity contribution in [3.63, 3.8) is 0 Å². The number of benzene rings is 1. The molecule has 3 heterocycles. The van der Waals surface area contributed by atoms with Crippen molar-refractivity contribution in [1.82, 2.24) is 24.9 Å². The number of halogens is 1. The minimum Gasteiger partial charge on any atom is -0.345 e. The summed E-state index contributed by atoms with van der Waals surface area (Å²) in [4.78, 5) is 19.8. The highest BCUT2D eigenvalue weighted by Gasteiger charge is 2.18. The number of hydrogen-bond acceptors (Lipinski definition) is 3. The van der Waals surface area contributed by atoms with Crippen molar-refractivity contribution < 1.29 is 4.39 Å². The van der Waals surface area contributed by atoms with Gasteiger partial charge in [0.25, 0.3) is 0 Å². The van der Waals surface area contributed by atoms with E-state index in [9.17, 15) is 4.39 Å². The minimum atomic E-state index is -0.308. The van der Waals surface area contributed by atoms with Gasteiger partial charge in [0.2, 0.25) is 0 Å². The van der Waals surface area contributed by atoms with Crippen LogP contribution in [-0.4, -0.2) is 24.9 Å². The van der Waals surface area contributed by atoms with Crippen LogP contribution in [0.1, 0.15) is 31.3 Å². The van der Waals surface area contributed by atoms with Crippen LogP contribution in [0.15, 0.2) is 48.9 Å². The third-order valence-corrected chi connectivity index (χ3v) is 4.44. The summed E-state index contributed by atoms with van der Waals surface area (Å²) < 4.78 is 14.4. The number of pyridine rings is 1. The SMILES string of the molecule is Cc1cccc(-c2[nH]c(C(C)C)nc2-c2ccc(F)c(-c3cnc[nH]3)c2)n1. The zero-order valence-electron chi connectivity index (χ0n) is 15.4. The van der Waals surface area contributed by atoms with Gasteiger partial charge in [0, 0.05) is 22.7 Å². The molecule has 4 aromatic rings. The highest BCUT2D eigenvalue weighted by Crippen LogP contribution is 2.33. The third-order valence-electron chi connectivity index (χ3n) is 4.44. The number of imidazole rings is 2. The number of nitrogens with one attached hydrogen (secondary N) is 2. The predicted octanol–water partition coefficient (Wildman–Crippen LogP) is 5.10. The molecule has 0 aliphatic rings. The first kappa shape index (κ1) is 17.1. The van der Waals surface area contributed by atoms with Crippen molar-refractivity contribution in [3.05, 3.63) is 66.3 Å². The Morgan fingerprint density at radius 2 is 1.93 bits per heavy atom. The summed E-state index contributed by atoms with van der Waals surface area (Å²) in [5, 5.41) is 0. The maximum absolute atomic E-state index is 14.4. The molecule has 0 unspecified atom stereocenters. The summed E-state index contributed by atoms with van der Waals surface area (Å²) in [7, 11) is 0. The molecule has 0 saturated carbocycles. The Morgan fingerprint density at radius 3 is 2.63 bits per heavy atom. The van der Waals surface area contributed by atoms with Gasteiger partial charge in [-0.25, -0.2) is 14.4 Å². The molecule has 0 radical (unpaired) electrons. The van der Waals surface area contributed by atoms with Gasteiger partial charge in [-0.3, -0.25) is 4.98 Å². The number of aromatic amines is 2. The lowest BCUT2D eigenvalue weighted by atomic mass is 10.0. The van der Waals surface area contributed by atoms with Crippen LogP contribution in [0.5, 0.6) is 0 Å². The molecule has 0 aliphatic heterocycles. The smallest absolute Gasteiger partial charge is 0.132 e. The molecular weight excluding hydrogens is 341 g/mol. The van der Waals surface area contributed by atoms with Crippen LogP contribution in [0.4, 0.5) is 4.39 Å². The standard InChI is InChI=1S/C21H20FN5/c1-12(2)21-26-19(20(27-21)17-6-4-5-13(3)25-17)14-7-8-16(22)15(9-14)18-10-23-11-24-18/h4-12H,1-3H3,(H,23,24)(H,26,27). The van der Waals surface area contributed by atoms with E-state index in [1.165, 1.54) is 12.4 Å². The van der Waals surface area contributed by atoms with E-state index in [-0.39, 0.29) is 11.7 Å². The van der Waals surface area contributed by atoms with Gasteiger partial charge in [0.1, 0.15) is 11.6 Å². The van der Waals surface area contributed by atoms with Gasteiger partial charge < -0.3 is 9.97 Å². The molecule has 0 atom stereocenters. The molecule has 6 heteroatoms. The van der Waals surface area contributed by atoms with E-state index in [4.69, 9.17) is 4.98 Å². The molecule has 0 bridgehead atoms. The van der Waals surface area contributed by atoms with Gasteiger partial charge >= 0.3 is 0 Å². The molecule has 0 aliphatic carbocycles. The van der Waals surface area contributed by atoms with Crippen LogP contribution in [-0.2, 0) is 0 Å². The molecule has 0 fully saturated rings. The molecule has 0 amide bonds. The molecule has 136 valence electrons. The zero-order chi connectivity index (χ0) is 19.0. The van der Waals surface area contributed by atoms with Crippen molar-refractivity contribution in [3.8, 4) is 33.9 Å². The molecule has 1 aromatic carbocycles. The largest absolute Gasteiger partial charge is 0.345 e. The topological polar surface area (TPSA) is 70.2 Å². The lowest BCUT2D eigenvalue weighted by Crippen LogP contribution is -1.91. The van der Waals surface area contributed by atoms with Gasteiger partial charge in [0.05, 0.1) is 35.3 Å². The summed E-state index contributed by atoms with van der Waals surface area (Å²) in [5.41, 5.74) is 5.25. The van der Waals surface area contributed by atoms with Gasteiger partial charge in [-0.05, 0) is 37.3 Å². The Labute approximate surface area is 156 Å². The van der Waals surface area contributed by atoms with E-state index in [1.807, 2.05) is 25.1 Å². The number of aryl methyl sites for hydroxylation is 1. The first-order chi connectivity index (χ1) is 13.0. The van der Waals surface area contributed by atoms with E-state index in [0.29, 0.717) is 11.3 Å². The Morgan fingerprint density at radius 1 is 1.07 bits per heavy atom. The number of nitrogens with zero attached hydrogens (tertiary/aromatic N) is 3. The second-order valence-electron chi connectivity index (χ2n) is 6.82. The van der Waals surface area contributed by atoms with Gasteiger partial charge in [-0.15, -0.1) is 0 Å². The second-order valence-corrected chi connectivity index (χ2v) is 6.82. The Hall–Kier alpha value is -3.28. The normalized spacial score (nSPS) is 11.3. The van der Waals surface area contributed by atoms with Crippen molar-refractivity contribution >= 4 is 0 Å². The molecule has 2 N–H and O–H groups in total. The molecule has 5 nitrogen and oxygen atoms in total. The molecule has 0 spiro atoms. The maximum atomic E-state index is 14.4. The van der Waals surface area contributed by atoms with Crippen LogP contribution in [0.3, 0.4) is 0 Å². The van der Waals surface area contributed by atoms with Gasteiger partial charge in [0.15, 0.2) is 0 Å². The Kier molecular flexibility index (Phi) is 4.32. The monoisotopic (exact) mass is 361 g/mol. The van der Waals surface area contributed by atoms with E-state index < -0.39 is 0 Å². The van der Waals surface area contributed by atoms with Crippen molar-refractivity contribution in [1.29, 1.82) is 0 Å². The summed E-state index contributed by atoms with van der Waals surface area (Å²) in [5.74, 6) is 0.795. The van der Waals surface area contributed by atoms with E-state index in [0.717, 1.165) is 34.2 Å². The summed E-state index contributed by atoms with van der Waals surface area (Å²) >= 11 is 0. The summed E-state index contributed by atoms with van der Waals surface area (Å²) in [6.07, 6.45) is 3.14. The maximum Gasteiger partial charge on any atom is 0.132 e. The number of H-pyrrole nitrogens is 2. The average molecular weight is 361 g/mol. The fourth-order valence-corrected chi connectivity index (χ4v) is 3.02. The van der Waals surface area contributed by atoms with Gasteiger partial charge in [-0.1, -0.05) is 19.9 Å². The van der Waals surface area contributed by atoms with Crippen molar-refractivity contribution in [2.75, 3.05) is 0 Å². The lowest BCUT2D eigenvalue weighted by Gasteiger charge is -2.06. The Balaban J connectivity index is 1.90. The minimum absolute atomic E-state index is 0.231. The molecular formula is C21H20FN5. The molecule has 3 aromatic heterocycles. The predicted molar refractivity (Wildman–Crippen MR) is 104 cm³/mol. The zero-order valence-corrected chi connectivity index (χ0v) is 15.4. The molecule has 0 saturated heterocycles. The highest BCUT2D eigenvalue weighted by molar-refractivity contribution is 5.79. The van der Waals surface area contributed by atoms with Crippen LogP contribution >= 0.6 is 0 Å². The highest BCUT2D eigenvalue weighted by atomic mass is 19.1. The van der Waals surface area contributed by atoms with E-state index in [2.05, 4.69) is 33.8 Å². The first-order valence-corrected chi connectivity index (χ1v) is 8.85. The third kappa shape index (κ3) is 3.26. The quantitative estimate of drug-likeness (QED) is 0.531. The average Bonchev–Trinajstić information content (AvgIpc) is 3.32. The lowest BCUT2D eigenvalue weighted by molar-refractivity contribution is 0.631. The fraction of sp³-hybridized carbons (Fsp3) is 0.190. The van der Waals surface area contributed by atoms with Crippen molar-refractivity contribution in [2.24, 2.45) is 0 Å². The molecule has 4 rings (SSSR count). The second kappa shape index (κ2) is 6.79. The van der Waals surface area contributed by atoms with Crippen LogP contribution < -0.4 is 0 Å². The number of rotatable bonds is 4. The first-order valence-electron chi connectivity index (χ1n) is 8.85. The fourth-order valence-electron chi connectivity index (χ4n) is 3.02. The van der Waals surface area contributed by atoms with Gasteiger partial charge in [-0.2, -0.15) is 0 Å². The number of aromatic nitrogens is 5. The van der Waals surface area contributed by atoms with E-state index >= 15 is 0 Å². The summed E-state index contributed by atoms with van der Waals surface area (Å²) in [6.45, 7) is 6.12. The number of hydrogen-bond donors (Lipinski definition) is 2. The van der Waals surface area contributed by atoms with Crippen LogP contribution in [0.2, 0.25) is 0 Å². The Bertz CT molecular complexity index is 1080.